The van der Waals surface area contributed by atoms with Gasteiger partial charge in [-0.15, -0.1) is 0 Å². The molecule has 7 heteroatoms. The van der Waals surface area contributed by atoms with Crippen LogP contribution < -0.4 is 9.47 Å². The van der Waals surface area contributed by atoms with E-state index in [0.29, 0.717) is 36.8 Å². The number of aliphatic hydroxyl groups excluding tert-OH is 1. The molecule has 0 radical (unpaired) electrons. The van der Waals surface area contributed by atoms with Gasteiger partial charge >= 0.3 is 0 Å². The lowest BCUT2D eigenvalue weighted by Crippen LogP contribution is -2.38. The van der Waals surface area contributed by atoms with Gasteiger partial charge in [0.25, 0.3) is 11.7 Å². The maximum Gasteiger partial charge on any atom is 0.295 e. The number of rotatable bonds is 11. The average Bonchev–Trinajstić information content (AvgIpc) is 3.12. The molecule has 1 aliphatic heterocycles. The largest absolute Gasteiger partial charge is 0.507 e. The Balaban J connectivity index is 2.08. The zero-order chi connectivity index (χ0) is 25.5. The van der Waals surface area contributed by atoms with E-state index in [1.807, 2.05) is 19.1 Å². The molecule has 1 N–H and O–H groups in total. The minimum absolute atomic E-state index is 0.0823. The van der Waals surface area contributed by atoms with E-state index in [1.165, 1.54) is 0 Å². The molecule has 1 atom stereocenters. The van der Waals surface area contributed by atoms with E-state index in [1.54, 1.807) is 48.4 Å². The summed E-state index contributed by atoms with van der Waals surface area (Å²) in [6.07, 6.45) is 1.66. The summed E-state index contributed by atoms with van der Waals surface area (Å²) >= 11 is 0. The van der Waals surface area contributed by atoms with Gasteiger partial charge in [0.15, 0.2) is 0 Å². The number of ether oxygens (including phenoxy) is 2. The van der Waals surface area contributed by atoms with Crippen molar-refractivity contribution in [2.24, 2.45) is 0 Å². The van der Waals surface area contributed by atoms with Crippen LogP contribution in [0.25, 0.3) is 5.76 Å². The monoisotopic (exact) mass is 478 g/mol. The van der Waals surface area contributed by atoms with Gasteiger partial charge in [-0.1, -0.05) is 38.6 Å². The number of likely N-dealkylation sites (N-methyl/N-ethyl adjacent to an activating group) is 1. The number of methoxy groups -OCH3 is 1. The minimum Gasteiger partial charge on any atom is -0.507 e. The van der Waals surface area contributed by atoms with E-state index in [9.17, 15) is 14.7 Å². The molecule has 7 nitrogen and oxygen atoms in total. The van der Waals surface area contributed by atoms with Gasteiger partial charge in [0.1, 0.15) is 23.9 Å². The number of likely N-dealkylation sites (tertiary alicyclic amines) is 1. The Hall–Kier alpha value is -3.58. The van der Waals surface area contributed by atoms with Crippen LogP contribution in [0.2, 0.25) is 0 Å². The highest BCUT2D eigenvalue weighted by Crippen LogP contribution is 2.40. The van der Waals surface area contributed by atoms with Crippen molar-refractivity contribution in [3.05, 3.63) is 77.4 Å². The van der Waals surface area contributed by atoms with E-state index in [0.717, 1.165) is 24.2 Å². The molecule has 1 saturated heterocycles. The van der Waals surface area contributed by atoms with E-state index >= 15 is 0 Å². The molecule has 1 heterocycles. The number of Topliss-reactive ketones (excluding diaryl/α,β-unsaturated/α-hetero) is 1. The average molecular weight is 479 g/mol. The van der Waals surface area contributed by atoms with Crippen molar-refractivity contribution >= 4 is 17.4 Å². The minimum atomic E-state index is -0.707. The predicted molar refractivity (Wildman–Crippen MR) is 137 cm³/mol. The van der Waals surface area contributed by atoms with Gasteiger partial charge in [-0.3, -0.25) is 9.59 Å². The molecule has 0 aromatic heterocycles. The molecular weight excluding hydrogens is 444 g/mol. The first kappa shape index (κ1) is 26.0. The van der Waals surface area contributed by atoms with Crippen LogP contribution >= 0.6 is 0 Å². The Bertz CT molecular complexity index is 1100. The highest BCUT2D eigenvalue weighted by atomic mass is 16.5. The number of amides is 1. The molecule has 0 saturated carbocycles. The van der Waals surface area contributed by atoms with Crippen molar-refractivity contribution in [2.45, 2.75) is 26.8 Å². The lowest BCUT2D eigenvalue weighted by atomic mass is 9.94. The molecule has 1 amide bonds. The molecule has 3 rings (SSSR count). The van der Waals surface area contributed by atoms with Gasteiger partial charge in [-0.05, 0) is 61.5 Å². The maximum atomic E-state index is 13.2. The normalized spacial score (nSPS) is 17.2. The first-order valence-corrected chi connectivity index (χ1v) is 11.9. The van der Waals surface area contributed by atoms with Crippen molar-refractivity contribution in [2.75, 3.05) is 39.9 Å². The van der Waals surface area contributed by atoms with Crippen LogP contribution in [0.1, 0.15) is 36.6 Å². The molecule has 2 aromatic carbocycles. The summed E-state index contributed by atoms with van der Waals surface area (Å²) in [5.41, 5.74) is 2.08. The van der Waals surface area contributed by atoms with Gasteiger partial charge in [0, 0.05) is 18.7 Å². The molecule has 0 spiro atoms. The second kappa shape index (κ2) is 11.7. The Morgan fingerprint density at radius 2 is 1.83 bits per heavy atom. The number of ketones is 1. The van der Waals surface area contributed by atoms with Crippen molar-refractivity contribution in [1.82, 2.24) is 9.80 Å². The quantitative estimate of drug-likeness (QED) is 0.224. The molecular formula is C28H34N2O5. The molecule has 1 fully saturated rings. The number of aliphatic hydroxyl groups is 1. The summed E-state index contributed by atoms with van der Waals surface area (Å²) in [6.45, 7) is 12.7. The van der Waals surface area contributed by atoms with Gasteiger partial charge in [-0.2, -0.15) is 0 Å². The van der Waals surface area contributed by atoms with Crippen LogP contribution in [0.15, 0.2) is 60.7 Å². The summed E-state index contributed by atoms with van der Waals surface area (Å²) in [5, 5.41) is 11.3. The number of aryl methyl sites for hydroxylation is 1. The van der Waals surface area contributed by atoms with Gasteiger partial charge in [0.05, 0.1) is 18.7 Å². The Morgan fingerprint density at radius 3 is 2.40 bits per heavy atom. The van der Waals surface area contributed by atoms with Crippen molar-refractivity contribution in [3.63, 3.8) is 0 Å². The molecule has 186 valence electrons. The van der Waals surface area contributed by atoms with Gasteiger partial charge in [-0.25, -0.2) is 0 Å². The molecule has 1 aliphatic rings. The third-order valence-corrected chi connectivity index (χ3v) is 6.32. The topological polar surface area (TPSA) is 79.3 Å². The summed E-state index contributed by atoms with van der Waals surface area (Å²) in [4.78, 5) is 30.1. The zero-order valence-corrected chi connectivity index (χ0v) is 20.9. The second-order valence-electron chi connectivity index (χ2n) is 8.37. The highest BCUT2D eigenvalue weighted by molar-refractivity contribution is 6.46. The Kier molecular flexibility index (Phi) is 8.71. The lowest BCUT2D eigenvalue weighted by molar-refractivity contribution is -0.140. The molecule has 0 bridgehead atoms. The number of hydrogen-bond donors (Lipinski definition) is 1. The van der Waals surface area contributed by atoms with Crippen LogP contribution in [0, 0.1) is 6.92 Å². The van der Waals surface area contributed by atoms with Crippen LogP contribution in [-0.4, -0.2) is 66.5 Å². The summed E-state index contributed by atoms with van der Waals surface area (Å²) in [7, 11) is 1.58. The van der Waals surface area contributed by atoms with Crippen molar-refractivity contribution in [3.8, 4) is 11.5 Å². The van der Waals surface area contributed by atoms with E-state index in [4.69, 9.17) is 9.47 Å². The summed E-state index contributed by atoms with van der Waals surface area (Å²) < 4.78 is 10.9. The third-order valence-electron chi connectivity index (χ3n) is 6.32. The Morgan fingerprint density at radius 1 is 1.14 bits per heavy atom. The lowest BCUT2D eigenvalue weighted by Gasteiger charge is -2.28. The number of hydrogen-bond acceptors (Lipinski definition) is 6. The number of benzene rings is 2. The Labute approximate surface area is 207 Å². The first-order valence-electron chi connectivity index (χ1n) is 11.9. The van der Waals surface area contributed by atoms with Crippen LogP contribution in [-0.2, 0) is 9.59 Å². The van der Waals surface area contributed by atoms with E-state index in [2.05, 4.69) is 25.3 Å². The number of nitrogens with zero attached hydrogens (tertiary/aromatic N) is 2. The fourth-order valence-corrected chi connectivity index (χ4v) is 4.33. The van der Waals surface area contributed by atoms with E-state index in [-0.39, 0.29) is 11.3 Å². The second-order valence-corrected chi connectivity index (χ2v) is 8.37. The molecule has 0 aliphatic carbocycles. The van der Waals surface area contributed by atoms with Crippen LogP contribution in [0.5, 0.6) is 11.5 Å². The van der Waals surface area contributed by atoms with Crippen LogP contribution in [0.4, 0.5) is 0 Å². The fraction of sp³-hybridized carbons (Fsp3) is 0.357. The smallest absolute Gasteiger partial charge is 0.295 e. The SMILES string of the molecule is C=CCOc1ccc(C2/C(=C(\O)c3ccc(OC)c(C)c3)C(=O)C(=O)N2CCN(CC)CC)cc1. The standard InChI is InChI=1S/C28H34N2O5/c1-6-17-35-22-12-9-20(10-13-22)25-24(26(31)21-11-14-23(34-5)19(4)18-21)27(32)28(33)30(25)16-15-29(7-2)8-3/h6,9-14,18,25,31H,1,7-8,15-17H2,2-5H3/b26-24+. The van der Waals surface area contributed by atoms with Gasteiger partial charge < -0.3 is 24.4 Å². The van der Waals surface area contributed by atoms with Crippen molar-refractivity contribution in [1.29, 1.82) is 0 Å². The molecule has 1 unspecified atom stereocenters. The third kappa shape index (κ3) is 5.57. The number of carbonyl (C=O) groups is 2. The van der Waals surface area contributed by atoms with E-state index < -0.39 is 17.7 Å². The first-order chi connectivity index (χ1) is 16.9. The summed E-state index contributed by atoms with van der Waals surface area (Å²) in [6, 6.07) is 11.7. The predicted octanol–water partition coefficient (Wildman–Crippen LogP) is 4.33. The summed E-state index contributed by atoms with van der Waals surface area (Å²) in [5.74, 6) is -0.169. The fourth-order valence-electron chi connectivity index (χ4n) is 4.33. The maximum absolute atomic E-state index is 13.2. The zero-order valence-electron chi connectivity index (χ0n) is 20.9. The molecule has 2 aromatic rings. The highest BCUT2D eigenvalue weighted by Gasteiger charge is 2.46. The number of carbonyl (C=O) groups excluding carboxylic acids is 2. The van der Waals surface area contributed by atoms with Gasteiger partial charge in [0.2, 0.25) is 0 Å². The van der Waals surface area contributed by atoms with Crippen LogP contribution in [0.3, 0.4) is 0 Å². The molecule has 35 heavy (non-hydrogen) atoms. The van der Waals surface area contributed by atoms with Crippen molar-refractivity contribution < 1.29 is 24.2 Å².